The third-order valence-corrected chi connectivity index (χ3v) is 3.82. The van der Waals surface area contributed by atoms with Crippen LogP contribution >= 0.6 is 0 Å². The van der Waals surface area contributed by atoms with Crippen molar-refractivity contribution in [2.75, 3.05) is 5.32 Å². The predicted molar refractivity (Wildman–Crippen MR) is 96.3 cm³/mol. The second-order valence-electron chi connectivity index (χ2n) is 5.81. The first-order valence-electron chi connectivity index (χ1n) is 7.89. The molecule has 4 N–H and O–H groups in total. The van der Waals surface area contributed by atoms with E-state index in [9.17, 15) is 14.4 Å². The van der Waals surface area contributed by atoms with Gasteiger partial charge in [0.15, 0.2) is 5.78 Å². The minimum absolute atomic E-state index is 0.0259. The van der Waals surface area contributed by atoms with Crippen molar-refractivity contribution in [1.82, 2.24) is 5.32 Å². The zero-order valence-electron chi connectivity index (χ0n) is 14.2. The highest BCUT2D eigenvalue weighted by atomic mass is 16.2. The fourth-order valence-electron chi connectivity index (χ4n) is 2.60. The summed E-state index contributed by atoms with van der Waals surface area (Å²) >= 11 is 0. The van der Waals surface area contributed by atoms with E-state index in [-0.39, 0.29) is 18.1 Å². The number of urea groups is 1. The van der Waals surface area contributed by atoms with Gasteiger partial charge in [-0.1, -0.05) is 36.4 Å². The summed E-state index contributed by atoms with van der Waals surface area (Å²) < 4.78 is 0. The summed E-state index contributed by atoms with van der Waals surface area (Å²) in [6.45, 7) is 3.37. The Bertz CT molecular complexity index is 802. The summed E-state index contributed by atoms with van der Waals surface area (Å²) in [6.07, 6.45) is 0.0259. The highest BCUT2D eigenvalue weighted by Gasteiger charge is 2.19. The predicted octanol–water partition coefficient (Wildman–Crippen LogP) is 2.94. The van der Waals surface area contributed by atoms with E-state index < -0.39 is 12.1 Å². The molecule has 0 spiro atoms. The molecule has 130 valence electrons. The molecule has 0 heterocycles. The molecule has 2 aromatic carbocycles. The van der Waals surface area contributed by atoms with E-state index in [1.54, 1.807) is 24.3 Å². The summed E-state index contributed by atoms with van der Waals surface area (Å²) in [5.41, 5.74) is 8.07. The maximum Gasteiger partial charge on any atom is 0.312 e. The van der Waals surface area contributed by atoms with Crippen LogP contribution in [0.25, 0.3) is 0 Å². The number of benzene rings is 2. The first-order valence-corrected chi connectivity index (χ1v) is 7.89. The van der Waals surface area contributed by atoms with Gasteiger partial charge in [-0.2, -0.15) is 0 Å². The molecule has 0 saturated carbocycles. The number of Topliss-reactive ketones (excluding diaryl/α,β-unsaturated/α-hetero) is 1. The number of carbonyl (C=O) groups excluding carboxylic acids is 3. The van der Waals surface area contributed by atoms with Crippen LogP contribution in [0.1, 0.15) is 40.9 Å². The van der Waals surface area contributed by atoms with Gasteiger partial charge in [-0.25, -0.2) is 4.79 Å². The van der Waals surface area contributed by atoms with Crippen LogP contribution in [-0.4, -0.2) is 17.7 Å². The smallest absolute Gasteiger partial charge is 0.312 e. The first kappa shape index (κ1) is 18.2. The number of hydrogen-bond acceptors (Lipinski definition) is 3. The third kappa shape index (κ3) is 5.17. The van der Waals surface area contributed by atoms with Crippen LogP contribution in [0.15, 0.2) is 48.5 Å². The monoisotopic (exact) mass is 339 g/mol. The van der Waals surface area contributed by atoms with E-state index in [2.05, 4.69) is 10.6 Å². The van der Waals surface area contributed by atoms with Crippen LogP contribution < -0.4 is 16.4 Å². The van der Waals surface area contributed by atoms with Gasteiger partial charge in [-0.3, -0.25) is 9.59 Å². The maximum atomic E-state index is 12.4. The van der Waals surface area contributed by atoms with Gasteiger partial charge in [-0.15, -0.1) is 0 Å². The van der Waals surface area contributed by atoms with Crippen molar-refractivity contribution in [1.29, 1.82) is 0 Å². The Morgan fingerprint density at radius 1 is 1.08 bits per heavy atom. The van der Waals surface area contributed by atoms with E-state index in [1.807, 2.05) is 31.2 Å². The van der Waals surface area contributed by atoms with Crippen molar-refractivity contribution in [3.05, 3.63) is 65.2 Å². The normalized spacial score (nSPS) is 11.4. The van der Waals surface area contributed by atoms with Gasteiger partial charge in [0.2, 0.25) is 5.91 Å². The Morgan fingerprint density at radius 3 is 2.44 bits per heavy atom. The molecule has 2 aromatic rings. The molecule has 3 amide bonds. The molecular weight excluding hydrogens is 318 g/mol. The number of ketones is 1. The fourth-order valence-corrected chi connectivity index (χ4v) is 2.60. The number of primary amides is 1. The number of nitrogens with two attached hydrogens (primary N) is 1. The molecule has 0 fully saturated rings. The molecule has 0 aromatic heterocycles. The Balaban J connectivity index is 2.14. The Morgan fingerprint density at radius 2 is 1.80 bits per heavy atom. The molecule has 0 aliphatic heterocycles. The van der Waals surface area contributed by atoms with Crippen LogP contribution in [0, 0.1) is 6.92 Å². The van der Waals surface area contributed by atoms with Crippen molar-refractivity contribution in [3.8, 4) is 0 Å². The number of aryl methyl sites for hydroxylation is 1. The van der Waals surface area contributed by atoms with E-state index in [1.165, 1.54) is 6.92 Å². The molecule has 1 unspecified atom stereocenters. The Labute approximate surface area is 146 Å². The van der Waals surface area contributed by atoms with Crippen molar-refractivity contribution in [3.63, 3.8) is 0 Å². The minimum atomic E-state index is -0.695. The van der Waals surface area contributed by atoms with Gasteiger partial charge in [0.05, 0.1) is 12.5 Å². The quantitative estimate of drug-likeness (QED) is 0.705. The molecule has 0 bridgehead atoms. The lowest BCUT2D eigenvalue weighted by atomic mass is 9.98. The van der Waals surface area contributed by atoms with Gasteiger partial charge in [0.1, 0.15) is 0 Å². The molecule has 1 atom stereocenters. The minimum Gasteiger partial charge on any atom is -0.352 e. The topological polar surface area (TPSA) is 101 Å². The highest BCUT2D eigenvalue weighted by Crippen LogP contribution is 2.21. The van der Waals surface area contributed by atoms with Gasteiger partial charge in [0.25, 0.3) is 0 Å². The standard InChI is InChI=1S/C19H21N3O3/c1-12-6-3-4-9-16(12)17(22-19(20)25)11-18(24)21-15-8-5-7-14(10-15)13(2)23/h3-10,17H,11H2,1-2H3,(H,21,24)(H3,20,22,25). The average Bonchev–Trinajstić information content (AvgIpc) is 2.54. The summed E-state index contributed by atoms with van der Waals surface area (Å²) in [4.78, 5) is 35.1. The summed E-state index contributed by atoms with van der Waals surface area (Å²) in [5, 5.41) is 5.35. The van der Waals surface area contributed by atoms with Crippen molar-refractivity contribution < 1.29 is 14.4 Å². The van der Waals surface area contributed by atoms with E-state index in [4.69, 9.17) is 5.73 Å². The lowest BCUT2D eigenvalue weighted by Crippen LogP contribution is -2.35. The van der Waals surface area contributed by atoms with Crippen molar-refractivity contribution >= 4 is 23.4 Å². The van der Waals surface area contributed by atoms with Crippen LogP contribution in [0.2, 0.25) is 0 Å². The van der Waals surface area contributed by atoms with E-state index >= 15 is 0 Å². The zero-order chi connectivity index (χ0) is 18.4. The number of anilines is 1. The van der Waals surface area contributed by atoms with Gasteiger partial charge in [-0.05, 0) is 37.1 Å². The molecule has 2 rings (SSSR count). The third-order valence-electron chi connectivity index (χ3n) is 3.82. The maximum absolute atomic E-state index is 12.4. The lowest BCUT2D eigenvalue weighted by Gasteiger charge is -2.19. The highest BCUT2D eigenvalue weighted by molar-refractivity contribution is 5.97. The van der Waals surface area contributed by atoms with E-state index in [0.717, 1.165) is 11.1 Å². The fraction of sp³-hybridized carbons (Fsp3) is 0.211. The summed E-state index contributed by atoms with van der Waals surface area (Å²) in [7, 11) is 0. The molecule has 0 aliphatic carbocycles. The first-order chi connectivity index (χ1) is 11.9. The molecule has 0 radical (unpaired) electrons. The van der Waals surface area contributed by atoms with Crippen molar-refractivity contribution in [2.45, 2.75) is 26.3 Å². The number of nitrogens with one attached hydrogen (secondary N) is 2. The second-order valence-corrected chi connectivity index (χ2v) is 5.81. The van der Waals surface area contributed by atoms with Gasteiger partial charge < -0.3 is 16.4 Å². The van der Waals surface area contributed by atoms with Crippen molar-refractivity contribution in [2.24, 2.45) is 5.73 Å². The van der Waals surface area contributed by atoms with Crippen LogP contribution in [0.4, 0.5) is 10.5 Å². The van der Waals surface area contributed by atoms with Gasteiger partial charge in [0, 0.05) is 11.3 Å². The largest absolute Gasteiger partial charge is 0.352 e. The Kier molecular flexibility index (Phi) is 5.89. The molecule has 0 aliphatic rings. The van der Waals surface area contributed by atoms with Gasteiger partial charge >= 0.3 is 6.03 Å². The SMILES string of the molecule is CC(=O)c1cccc(NC(=O)CC(NC(N)=O)c2ccccc2C)c1. The average molecular weight is 339 g/mol. The van der Waals surface area contributed by atoms with Crippen LogP contribution in [0.3, 0.4) is 0 Å². The number of hydrogen-bond donors (Lipinski definition) is 3. The summed E-state index contributed by atoms with van der Waals surface area (Å²) in [6, 6.07) is 12.9. The molecule has 6 heteroatoms. The molecule has 25 heavy (non-hydrogen) atoms. The number of carbonyl (C=O) groups is 3. The summed E-state index contributed by atoms with van der Waals surface area (Å²) in [5.74, 6) is -0.369. The molecule has 6 nitrogen and oxygen atoms in total. The molecular formula is C19H21N3O3. The second kappa shape index (κ2) is 8.10. The zero-order valence-corrected chi connectivity index (χ0v) is 14.2. The number of rotatable bonds is 6. The van der Waals surface area contributed by atoms with Crippen LogP contribution in [-0.2, 0) is 4.79 Å². The van der Waals surface area contributed by atoms with E-state index in [0.29, 0.717) is 11.3 Å². The van der Waals surface area contributed by atoms with Crippen LogP contribution in [0.5, 0.6) is 0 Å². The lowest BCUT2D eigenvalue weighted by molar-refractivity contribution is -0.116. The molecule has 0 saturated heterocycles. The Hall–Kier alpha value is -3.15. The number of amides is 3.